The van der Waals surface area contributed by atoms with E-state index in [0.717, 1.165) is 0 Å². The summed E-state index contributed by atoms with van der Waals surface area (Å²) in [5, 5.41) is 10.7. The molecular weight excluding hydrogens is 210 g/mol. The molecule has 0 aliphatic heterocycles. The number of hydrogen-bond donors (Lipinski definition) is 0. The average molecular weight is 223 g/mol. The van der Waals surface area contributed by atoms with Crippen molar-refractivity contribution in [3.05, 3.63) is 46.0 Å². The van der Waals surface area contributed by atoms with Crippen LogP contribution in [0.2, 0.25) is 0 Å². The van der Waals surface area contributed by atoms with E-state index in [0.29, 0.717) is 5.56 Å². The molecule has 0 spiro atoms. The molecule has 0 aliphatic rings. The van der Waals surface area contributed by atoms with Gasteiger partial charge < -0.3 is 4.74 Å². The third-order valence-electron chi connectivity index (χ3n) is 2.19. The summed E-state index contributed by atoms with van der Waals surface area (Å²) in [4.78, 5) is 21.2. The fraction of sp³-hybridized carbons (Fsp3) is 0.364. The predicted molar refractivity (Wildman–Crippen MR) is 57.4 cm³/mol. The molecule has 86 valence electrons. The van der Waals surface area contributed by atoms with Crippen molar-refractivity contribution in [3.63, 3.8) is 0 Å². The molecule has 0 bridgehead atoms. The smallest absolute Gasteiger partial charge is 0.303 e. The lowest BCUT2D eigenvalue weighted by atomic mass is 10.0. The molecule has 1 rings (SSSR count). The number of carbonyl (C=O) groups is 1. The Kier molecular flexibility index (Phi) is 3.99. The Labute approximate surface area is 93.2 Å². The van der Waals surface area contributed by atoms with Gasteiger partial charge in [0.2, 0.25) is 0 Å². The molecule has 0 saturated carbocycles. The van der Waals surface area contributed by atoms with Gasteiger partial charge in [0, 0.05) is 18.8 Å². The van der Waals surface area contributed by atoms with Gasteiger partial charge in [-0.1, -0.05) is 30.3 Å². The van der Waals surface area contributed by atoms with Crippen LogP contribution in [0.25, 0.3) is 0 Å². The molecule has 0 amide bonds. The first-order chi connectivity index (χ1) is 7.52. The van der Waals surface area contributed by atoms with Crippen LogP contribution >= 0.6 is 0 Å². The summed E-state index contributed by atoms with van der Waals surface area (Å²) in [6, 6.07) is 7.73. The largest absolute Gasteiger partial charge is 0.450 e. The molecule has 0 aliphatic carbocycles. The lowest BCUT2D eigenvalue weighted by Gasteiger charge is -2.18. The number of esters is 1. The zero-order valence-electron chi connectivity index (χ0n) is 9.12. The number of rotatable bonds is 4. The molecule has 1 aromatic rings. The normalized spacial score (nSPS) is 13.9. The first-order valence-electron chi connectivity index (χ1n) is 4.88. The fourth-order valence-electron chi connectivity index (χ4n) is 1.38. The van der Waals surface area contributed by atoms with Crippen LogP contribution < -0.4 is 0 Å². The minimum atomic E-state index is -0.966. The number of benzene rings is 1. The van der Waals surface area contributed by atoms with Gasteiger partial charge in [-0.15, -0.1) is 0 Å². The first kappa shape index (κ1) is 12.2. The van der Waals surface area contributed by atoms with Gasteiger partial charge in [0.15, 0.2) is 6.10 Å². The van der Waals surface area contributed by atoms with Crippen molar-refractivity contribution in [2.24, 2.45) is 0 Å². The van der Waals surface area contributed by atoms with Gasteiger partial charge in [0.25, 0.3) is 6.04 Å². The fourth-order valence-corrected chi connectivity index (χ4v) is 1.38. The molecule has 5 heteroatoms. The van der Waals surface area contributed by atoms with Crippen LogP contribution in [0, 0.1) is 10.1 Å². The van der Waals surface area contributed by atoms with Crippen molar-refractivity contribution < 1.29 is 14.5 Å². The van der Waals surface area contributed by atoms with Crippen LogP contribution in [-0.4, -0.2) is 16.9 Å². The van der Waals surface area contributed by atoms with E-state index in [-0.39, 0.29) is 0 Å². The highest BCUT2D eigenvalue weighted by atomic mass is 16.6. The lowest BCUT2D eigenvalue weighted by Crippen LogP contribution is -2.27. The van der Waals surface area contributed by atoms with E-state index in [1.165, 1.54) is 13.8 Å². The topological polar surface area (TPSA) is 69.4 Å². The Balaban J connectivity index is 2.96. The van der Waals surface area contributed by atoms with E-state index in [9.17, 15) is 14.9 Å². The van der Waals surface area contributed by atoms with Crippen molar-refractivity contribution in [3.8, 4) is 0 Å². The average Bonchev–Trinajstić information content (AvgIpc) is 2.26. The molecule has 0 aromatic heterocycles. The van der Waals surface area contributed by atoms with E-state index in [1.807, 2.05) is 0 Å². The zero-order valence-corrected chi connectivity index (χ0v) is 9.12. The maximum atomic E-state index is 10.9. The molecule has 0 saturated heterocycles. The predicted octanol–water partition coefficient (Wildman–Crippen LogP) is 1.96. The summed E-state index contributed by atoms with van der Waals surface area (Å²) in [6.45, 7) is 2.66. The molecule has 0 heterocycles. The van der Waals surface area contributed by atoms with Gasteiger partial charge in [-0.3, -0.25) is 14.9 Å². The highest BCUT2D eigenvalue weighted by Crippen LogP contribution is 2.22. The molecule has 0 radical (unpaired) electrons. The molecule has 0 fully saturated rings. The molecule has 16 heavy (non-hydrogen) atoms. The van der Waals surface area contributed by atoms with Gasteiger partial charge in [0.1, 0.15) is 0 Å². The summed E-state index contributed by atoms with van der Waals surface area (Å²) in [7, 11) is 0. The van der Waals surface area contributed by atoms with Crippen LogP contribution in [-0.2, 0) is 9.53 Å². The maximum Gasteiger partial charge on any atom is 0.303 e. The second kappa shape index (κ2) is 5.25. The van der Waals surface area contributed by atoms with Crippen molar-refractivity contribution in [2.75, 3.05) is 0 Å². The van der Waals surface area contributed by atoms with Gasteiger partial charge in [0.05, 0.1) is 0 Å². The van der Waals surface area contributed by atoms with Gasteiger partial charge in [-0.2, -0.15) is 0 Å². The minimum Gasteiger partial charge on any atom is -0.450 e. The van der Waals surface area contributed by atoms with Crippen molar-refractivity contribution >= 4 is 5.97 Å². The van der Waals surface area contributed by atoms with E-state index in [2.05, 4.69) is 0 Å². The second-order valence-electron chi connectivity index (χ2n) is 3.47. The highest BCUT2D eigenvalue weighted by molar-refractivity contribution is 5.66. The Bertz CT molecular complexity index is 377. The Morgan fingerprint density at radius 3 is 2.38 bits per heavy atom. The van der Waals surface area contributed by atoms with E-state index >= 15 is 0 Å². The van der Waals surface area contributed by atoms with Gasteiger partial charge >= 0.3 is 5.97 Å². The van der Waals surface area contributed by atoms with Gasteiger partial charge in [-0.05, 0) is 5.56 Å². The van der Waals surface area contributed by atoms with Crippen LogP contribution in [0.4, 0.5) is 0 Å². The maximum absolute atomic E-state index is 10.9. The van der Waals surface area contributed by atoms with Crippen LogP contribution in [0.1, 0.15) is 25.5 Å². The standard InChI is InChI=1S/C11H13NO4/c1-8(12(14)15)11(16-9(2)13)10-6-4-3-5-7-10/h3-8,11H,1-2H3/t8-,11+/m0/s1. The molecule has 2 atom stereocenters. The first-order valence-corrected chi connectivity index (χ1v) is 4.88. The molecule has 0 N–H and O–H groups in total. The number of nitrogens with zero attached hydrogens (tertiary/aromatic N) is 1. The van der Waals surface area contributed by atoms with Crippen LogP contribution in [0.5, 0.6) is 0 Å². The monoisotopic (exact) mass is 223 g/mol. The summed E-state index contributed by atoms with van der Waals surface area (Å²) in [6.07, 6.45) is -0.839. The van der Waals surface area contributed by atoms with Gasteiger partial charge in [-0.25, -0.2) is 0 Å². The molecule has 1 aromatic carbocycles. The van der Waals surface area contributed by atoms with Crippen LogP contribution in [0.15, 0.2) is 30.3 Å². The number of nitro groups is 1. The van der Waals surface area contributed by atoms with E-state index < -0.39 is 23.0 Å². The van der Waals surface area contributed by atoms with Crippen LogP contribution in [0.3, 0.4) is 0 Å². The SMILES string of the molecule is CC(=O)O[C@@H](c1ccccc1)[C@H](C)[N+](=O)[O-]. The third-order valence-corrected chi connectivity index (χ3v) is 2.19. The second-order valence-corrected chi connectivity index (χ2v) is 3.47. The molecule has 0 unspecified atom stereocenters. The van der Waals surface area contributed by atoms with E-state index in [1.54, 1.807) is 30.3 Å². The summed E-state index contributed by atoms with van der Waals surface area (Å²) in [5.41, 5.74) is 0.627. The number of carbonyl (C=O) groups excluding carboxylic acids is 1. The van der Waals surface area contributed by atoms with Crippen molar-refractivity contribution in [2.45, 2.75) is 26.0 Å². The quantitative estimate of drug-likeness (QED) is 0.444. The molecular formula is C11H13NO4. The number of ether oxygens (including phenoxy) is 1. The number of hydrogen-bond acceptors (Lipinski definition) is 4. The Hall–Kier alpha value is -1.91. The van der Waals surface area contributed by atoms with Crippen molar-refractivity contribution in [1.82, 2.24) is 0 Å². The van der Waals surface area contributed by atoms with E-state index in [4.69, 9.17) is 4.74 Å². The third kappa shape index (κ3) is 3.05. The summed E-state index contributed by atoms with van der Waals surface area (Å²) >= 11 is 0. The Morgan fingerprint density at radius 2 is 1.94 bits per heavy atom. The van der Waals surface area contributed by atoms with Crippen molar-refractivity contribution in [1.29, 1.82) is 0 Å². The zero-order chi connectivity index (χ0) is 12.1. The molecule has 5 nitrogen and oxygen atoms in total. The lowest BCUT2D eigenvalue weighted by molar-refractivity contribution is -0.530. The minimum absolute atomic E-state index is 0.458. The summed E-state index contributed by atoms with van der Waals surface area (Å²) in [5.74, 6) is -0.525. The Morgan fingerprint density at radius 1 is 1.38 bits per heavy atom. The highest BCUT2D eigenvalue weighted by Gasteiger charge is 2.30. The summed E-state index contributed by atoms with van der Waals surface area (Å²) < 4.78 is 4.98.